The first kappa shape index (κ1) is 12.4. The van der Waals surface area contributed by atoms with Crippen LogP contribution >= 0.6 is 12.2 Å². The lowest BCUT2D eigenvalue weighted by atomic mass is 10.2. The lowest BCUT2D eigenvalue weighted by molar-refractivity contribution is -0.0676. The zero-order valence-electron chi connectivity index (χ0n) is 7.62. The third-order valence-electron chi connectivity index (χ3n) is 1.54. The van der Waals surface area contributed by atoms with Crippen LogP contribution in [0.15, 0.2) is 24.3 Å². The summed E-state index contributed by atoms with van der Waals surface area (Å²) in [5.74, 6) is -1.34. The quantitative estimate of drug-likeness (QED) is 0.820. The van der Waals surface area contributed by atoms with Crippen molar-refractivity contribution in [2.75, 3.05) is 0 Å². The first-order valence-electron chi connectivity index (χ1n) is 3.93. The molecule has 0 saturated heterocycles. The lowest BCUT2D eigenvalue weighted by Gasteiger charge is -2.09. The van der Waals surface area contributed by atoms with E-state index in [1.807, 2.05) is 0 Å². The number of aromatic carboxylic acids is 1. The van der Waals surface area contributed by atoms with Crippen molar-refractivity contribution in [2.45, 2.75) is 6.18 Å². The minimum Gasteiger partial charge on any atom is -0.478 e. The zero-order chi connectivity index (χ0) is 12.3. The van der Waals surface area contributed by atoms with Crippen molar-refractivity contribution in [3.05, 3.63) is 29.8 Å². The Morgan fingerprint density at radius 2 is 1.75 bits per heavy atom. The minimum atomic E-state index is -4.71. The Hall–Kier alpha value is -1.63. The molecular weight excluding hydrogens is 245 g/mol. The van der Waals surface area contributed by atoms with Gasteiger partial charge in [0.15, 0.2) is 0 Å². The molecule has 0 bridgehead atoms. The number of carboxylic acids is 1. The van der Waals surface area contributed by atoms with Gasteiger partial charge in [-0.05, 0) is 36.5 Å². The largest absolute Gasteiger partial charge is 0.478 e. The highest BCUT2D eigenvalue weighted by atomic mass is 32.1. The molecule has 1 rings (SSSR count). The maximum Gasteiger partial charge on any atom is 0.460 e. The van der Waals surface area contributed by atoms with E-state index in [0.717, 1.165) is 24.3 Å². The highest BCUT2D eigenvalue weighted by Gasteiger charge is 2.36. The number of hydrogen-bond donors (Lipinski definition) is 1. The summed E-state index contributed by atoms with van der Waals surface area (Å²) in [6.07, 6.45) is -4.71. The Labute approximate surface area is 93.5 Å². The van der Waals surface area contributed by atoms with Gasteiger partial charge in [0.25, 0.3) is 5.05 Å². The molecule has 0 aliphatic heterocycles. The summed E-state index contributed by atoms with van der Waals surface area (Å²) in [6, 6.07) is 4.44. The molecule has 16 heavy (non-hydrogen) atoms. The molecule has 86 valence electrons. The molecule has 1 aromatic carbocycles. The predicted molar refractivity (Wildman–Crippen MR) is 52.7 cm³/mol. The smallest absolute Gasteiger partial charge is 0.460 e. The second-order valence-electron chi connectivity index (χ2n) is 2.72. The van der Waals surface area contributed by atoms with Crippen molar-refractivity contribution >= 4 is 23.2 Å². The van der Waals surface area contributed by atoms with Crippen LogP contribution in [0.4, 0.5) is 13.2 Å². The van der Waals surface area contributed by atoms with Crippen molar-refractivity contribution < 1.29 is 27.8 Å². The SMILES string of the molecule is O=C(O)c1ccc(OC(=S)C(F)(F)F)cc1. The molecule has 3 nitrogen and oxygen atoms in total. The Morgan fingerprint density at radius 1 is 1.25 bits per heavy atom. The van der Waals surface area contributed by atoms with Gasteiger partial charge in [0.05, 0.1) is 5.56 Å². The summed E-state index contributed by atoms with van der Waals surface area (Å²) in [4.78, 5) is 10.4. The molecule has 0 amide bonds. The van der Waals surface area contributed by atoms with Gasteiger partial charge in [0, 0.05) is 0 Å². The molecule has 0 aromatic heterocycles. The number of rotatable bonds is 2. The standard InChI is InChI=1S/C9H5F3O3S/c10-9(11,12)8(16)15-6-3-1-5(2-4-6)7(13)14/h1-4H,(H,13,14). The van der Waals surface area contributed by atoms with E-state index >= 15 is 0 Å². The van der Waals surface area contributed by atoms with E-state index in [4.69, 9.17) is 5.11 Å². The van der Waals surface area contributed by atoms with E-state index in [9.17, 15) is 18.0 Å². The molecule has 1 aromatic rings. The molecule has 0 radical (unpaired) electrons. The van der Waals surface area contributed by atoms with Gasteiger partial charge in [-0.1, -0.05) is 0 Å². The van der Waals surface area contributed by atoms with E-state index in [1.165, 1.54) is 0 Å². The summed E-state index contributed by atoms with van der Waals surface area (Å²) < 4.78 is 40.3. The normalized spacial score (nSPS) is 10.9. The van der Waals surface area contributed by atoms with Crippen LogP contribution < -0.4 is 4.74 Å². The fraction of sp³-hybridized carbons (Fsp3) is 0.111. The molecule has 0 unspecified atom stereocenters. The zero-order valence-corrected chi connectivity index (χ0v) is 8.43. The van der Waals surface area contributed by atoms with Crippen molar-refractivity contribution in [1.29, 1.82) is 0 Å². The van der Waals surface area contributed by atoms with Gasteiger partial charge in [0.2, 0.25) is 0 Å². The number of thiocarbonyl (C=S) groups is 1. The van der Waals surface area contributed by atoms with E-state index < -0.39 is 17.2 Å². The maximum atomic E-state index is 12.0. The summed E-state index contributed by atoms with van der Waals surface area (Å²) >= 11 is 3.99. The molecule has 0 saturated carbocycles. The third kappa shape index (κ3) is 3.20. The number of benzene rings is 1. The van der Waals surface area contributed by atoms with Crippen LogP contribution in [0.1, 0.15) is 10.4 Å². The molecule has 0 aliphatic carbocycles. The topological polar surface area (TPSA) is 46.5 Å². The van der Waals surface area contributed by atoms with E-state index in [1.54, 1.807) is 0 Å². The molecule has 0 fully saturated rings. The van der Waals surface area contributed by atoms with Gasteiger partial charge in [0.1, 0.15) is 5.75 Å². The van der Waals surface area contributed by atoms with Crippen LogP contribution in [-0.4, -0.2) is 22.3 Å². The van der Waals surface area contributed by atoms with Crippen LogP contribution in [0.3, 0.4) is 0 Å². The van der Waals surface area contributed by atoms with E-state index in [0.29, 0.717) is 0 Å². The third-order valence-corrected chi connectivity index (χ3v) is 1.86. The van der Waals surface area contributed by atoms with Crippen molar-refractivity contribution in [3.8, 4) is 5.75 Å². The molecule has 1 N–H and O–H groups in total. The van der Waals surface area contributed by atoms with Crippen LogP contribution in [0, 0.1) is 0 Å². The summed E-state index contributed by atoms with van der Waals surface area (Å²) in [7, 11) is 0. The fourth-order valence-electron chi connectivity index (χ4n) is 0.830. The summed E-state index contributed by atoms with van der Waals surface area (Å²) in [5.41, 5.74) is -0.0507. The average molecular weight is 250 g/mol. The number of carboxylic acid groups (broad SMARTS) is 1. The summed E-state index contributed by atoms with van der Waals surface area (Å²) in [6.45, 7) is 0. The number of carbonyl (C=O) groups is 1. The van der Waals surface area contributed by atoms with Gasteiger partial charge in [-0.2, -0.15) is 13.2 Å². The van der Waals surface area contributed by atoms with E-state index in [2.05, 4.69) is 17.0 Å². The maximum absolute atomic E-state index is 12.0. The molecule has 0 aliphatic rings. The predicted octanol–water partition coefficient (Wildman–Crippen LogP) is 2.65. The Morgan fingerprint density at radius 3 is 2.12 bits per heavy atom. The monoisotopic (exact) mass is 250 g/mol. The number of halogens is 3. The molecule has 0 spiro atoms. The highest BCUT2D eigenvalue weighted by molar-refractivity contribution is 7.80. The molecule has 7 heteroatoms. The Balaban J connectivity index is 2.77. The highest BCUT2D eigenvalue weighted by Crippen LogP contribution is 2.21. The van der Waals surface area contributed by atoms with Crippen LogP contribution in [0.2, 0.25) is 0 Å². The van der Waals surface area contributed by atoms with Gasteiger partial charge < -0.3 is 9.84 Å². The van der Waals surface area contributed by atoms with Crippen LogP contribution in [0.5, 0.6) is 5.75 Å². The van der Waals surface area contributed by atoms with E-state index in [-0.39, 0.29) is 11.3 Å². The average Bonchev–Trinajstić information content (AvgIpc) is 2.17. The molecule has 0 heterocycles. The van der Waals surface area contributed by atoms with Gasteiger partial charge in [-0.3, -0.25) is 0 Å². The molecular formula is C9H5F3O3S. The molecule has 0 atom stereocenters. The second kappa shape index (κ2) is 4.48. The minimum absolute atomic E-state index is 0.0507. The lowest BCUT2D eigenvalue weighted by Crippen LogP contribution is -2.26. The number of ether oxygens (including phenoxy) is 1. The summed E-state index contributed by atoms with van der Waals surface area (Å²) in [5, 5.41) is 7.02. The Kier molecular flexibility index (Phi) is 3.48. The van der Waals surface area contributed by atoms with Gasteiger partial charge >= 0.3 is 12.1 Å². The van der Waals surface area contributed by atoms with Crippen molar-refractivity contribution in [2.24, 2.45) is 0 Å². The van der Waals surface area contributed by atoms with Gasteiger partial charge in [-0.15, -0.1) is 0 Å². The number of alkyl halides is 3. The van der Waals surface area contributed by atoms with Crippen molar-refractivity contribution in [1.82, 2.24) is 0 Å². The second-order valence-corrected chi connectivity index (χ2v) is 3.09. The van der Waals surface area contributed by atoms with Gasteiger partial charge in [-0.25, -0.2) is 4.79 Å². The first-order valence-corrected chi connectivity index (χ1v) is 4.34. The fourth-order valence-corrected chi connectivity index (χ4v) is 0.927. The first-order chi connectivity index (χ1) is 7.30. The Bertz CT molecular complexity index is 411. The van der Waals surface area contributed by atoms with Crippen LogP contribution in [-0.2, 0) is 0 Å². The van der Waals surface area contributed by atoms with Crippen molar-refractivity contribution in [3.63, 3.8) is 0 Å². The number of hydrogen-bond acceptors (Lipinski definition) is 3. The van der Waals surface area contributed by atoms with Crippen LogP contribution in [0.25, 0.3) is 0 Å².